The summed E-state index contributed by atoms with van der Waals surface area (Å²) in [5.41, 5.74) is 1.20. The first-order chi connectivity index (χ1) is 11.8. The quantitative estimate of drug-likeness (QED) is 0.858. The van der Waals surface area contributed by atoms with Crippen LogP contribution in [-0.4, -0.2) is 34.8 Å². The van der Waals surface area contributed by atoms with Crippen molar-refractivity contribution in [2.75, 3.05) is 18.4 Å². The summed E-state index contributed by atoms with van der Waals surface area (Å²) >= 11 is 6.13. The number of aromatic amines is 1. The maximum absolute atomic E-state index is 12.4. The number of rotatable bonds is 5. The first-order valence-corrected chi connectivity index (χ1v) is 8.34. The minimum atomic E-state index is -0.469. The van der Waals surface area contributed by atoms with E-state index in [2.05, 4.69) is 10.3 Å². The molecule has 2 rings (SSSR count). The zero-order valence-electron chi connectivity index (χ0n) is 14.4. The van der Waals surface area contributed by atoms with Crippen molar-refractivity contribution in [2.24, 2.45) is 0 Å². The van der Waals surface area contributed by atoms with Gasteiger partial charge in [-0.3, -0.25) is 14.4 Å². The van der Waals surface area contributed by atoms with E-state index in [1.807, 2.05) is 13.8 Å². The van der Waals surface area contributed by atoms with Crippen LogP contribution in [0.5, 0.6) is 0 Å². The lowest BCUT2D eigenvalue weighted by Gasteiger charge is -2.19. The van der Waals surface area contributed by atoms with Crippen LogP contribution in [0.4, 0.5) is 5.69 Å². The van der Waals surface area contributed by atoms with E-state index in [1.165, 1.54) is 6.07 Å². The Morgan fingerprint density at radius 2 is 1.80 bits per heavy atom. The van der Waals surface area contributed by atoms with Gasteiger partial charge in [-0.25, -0.2) is 0 Å². The van der Waals surface area contributed by atoms with Crippen molar-refractivity contribution in [3.05, 3.63) is 62.5 Å². The van der Waals surface area contributed by atoms with E-state index >= 15 is 0 Å². The normalized spacial score (nSPS) is 10.4. The van der Waals surface area contributed by atoms with Gasteiger partial charge in [0.2, 0.25) is 5.56 Å². The number of halogens is 1. The zero-order valence-corrected chi connectivity index (χ0v) is 15.1. The van der Waals surface area contributed by atoms with E-state index in [0.717, 1.165) is 0 Å². The highest BCUT2D eigenvalue weighted by Crippen LogP contribution is 2.24. The maximum Gasteiger partial charge on any atom is 0.255 e. The van der Waals surface area contributed by atoms with Gasteiger partial charge in [0.25, 0.3) is 11.8 Å². The van der Waals surface area contributed by atoms with Gasteiger partial charge < -0.3 is 15.2 Å². The van der Waals surface area contributed by atoms with Gasteiger partial charge >= 0.3 is 0 Å². The molecule has 1 aromatic carbocycles. The van der Waals surface area contributed by atoms with Crippen LogP contribution in [0.1, 0.15) is 40.3 Å². The number of pyridine rings is 1. The molecule has 0 atom stereocenters. The van der Waals surface area contributed by atoms with Crippen molar-refractivity contribution in [3.8, 4) is 0 Å². The fourth-order valence-electron chi connectivity index (χ4n) is 2.46. The molecule has 0 aliphatic heterocycles. The second-order valence-electron chi connectivity index (χ2n) is 5.54. The SMILES string of the molecule is CCN(CC)C(=O)c1ccc(Cl)c(NC(=O)c2cc(C)[nH]c(=O)c2)c1. The van der Waals surface area contributed by atoms with E-state index in [0.29, 0.717) is 35.1 Å². The van der Waals surface area contributed by atoms with Crippen LogP contribution in [0.25, 0.3) is 0 Å². The van der Waals surface area contributed by atoms with Gasteiger partial charge in [0.1, 0.15) is 0 Å². The Balaban J connectivity index is 2.30. The number of hydrogen-bond donors (Lipinski definition) is 2. The first-order valence-electron chi connectivity index (χ1n) is 7.96. The lowest BCUT2D eigenvalue weighted by atomic mass is 10.1. The average Bonchev–Trinajstić information content (AvgIpc) is 2.56. The van der Waals surface area contributed by atoms with Gasteiger partial charge in [-0.1, -0.05) is 11.6 Å². The molecule has 2 N–H and O–H groups in total. The minimum Gasteiger partial charge on any atom is -0.339 e. The summed E-state index contributed by atoms with van der Waals surface area (Å²) in [6.45, 7) is 6.66. The summed E-state index contributed by atoms with van der Waals surface area (Å²) in [6, 6.07) is 7.50. The van der Waals surface area contributed by atoms with E-state index in [4.69, 9.17) is 11.6 Å². The van der Waals surface area contributed by atoms with Crippen molar-refractivity contribution in [3.63, 3.8) is 0 Å². The van der Waals surface area contributed by atoms with Gasteiger partial charge in [0.05, 0.1) is 10.7 Å². The van der Waals surface area contributed by atoms with Crippen LogP contribution in [0.3, 0.4) is 0 Å². The predicted molar refractivity (Wildman–Crippen MR) is 98.5 cm³/mol. The monoisotopic (exact) mass is 361 g/mol. The molecule has 0 bridgehead atoms. The number of H-pyrrole nitrogens is 1. The van der Waals surface area contributed by atoms with Crippen LogP contribution in [0, 0.1) is 6.92 Å². The highest BCUT2D eigenvalue weighted by atomic mass is 35.5. The molecule has 0 radical (unpaired) electrons. The van der Waals surface area contributed by atoms with Crippen molar-refractivity contribution < 1.29 is 9.59 Å². The zero-order chi connectivity index (χ0) is 18.6. The molecule has 132 valence electrons. The summed E-state index contributed by atoms with van der Waals surface area (Å²) in [6.07, 6.45) is 0. The van der Waals surface area contributed by atoms with Gasteiger partial charge in [0, 0.05) is 36.0 Å². The average molecular weight is 362 g/mol. The smallest absolute Gasteiger partial charge is 0.255 e. The Kier molecular flexibility index (Phi) is 5.98. The fourth-order valence-corrected chi connectivity index (χ4v) is 2.62. The van der Waals surface area contributed by atoms with E-state index in [1.54, 1.807) is 36.1 Å². The highest BCUT2D eigenvalue weighted by molar-refractivity contribution is 6.34. The largest absolute Gasteiger partial charge is 0.339 e. The Morgan fingerprint density at radius 3 is 2.40 bits per heavy atom. The number of benzene rings is 1. The lowest BCUT2D eigenvalue weighted by molar-refractivity contribution is 0.0772. The first kappa shape index (κ1) is 18.7. The fraction of sp³-hybridized carbons (Fsp3) is 0.278. The van der Waals surface area contributed by atoms with E-state index in [-0.39, 0.29) is 17.0 Å². The van der Waals surface area contributed by atoms with Crippen molar-refractivity contribution in [1.29, 1.82) is 0 Å². The molecule has 0 saturated heterocycles. The highest BCUT2D eigenvalue weighted by Gasteiger charge is 2.16. The molecule has 0 saturated carbocycles. The van der Waals surface area contributed by atoms with Crippen LogP contribution in [0.2, 0.25) is 5.02 Å². The summed E-state index contributed by atoms with van der Waals surface area (Å²) in [4.78, 5) is 40.6. The van der Waals surface area contributed by atoms with Gasteiger partial charge in [-0.2, -0.15) is 0 Å². The topological polar surface area (TPSA) is 82.3 Å². The van der Waals surface area contributed by atoms with Gasteiger partial charge in [-0.15, -0.1) is 0 Å². The van der Waals surface area contributed by atoms with Crippen molar-refractivity contribution >= 4 is 29.1 Å². The van der Waals surface area contributed by atoms with E-state index in [9.17, 15) is 14.4 Å². The minimum absolute atomic E-state index is 0.135. The molecule has 2 amide bonds. The molecule has 7 heteroatoms. The number of carbonyl (C=O) groups excluding carboxylic acids is 2. The third kappa shape index (κ3) is 4.48. The number of nitrogens with zero attached hydrogens (tertiary/aromatic N) is 1. The number of hydrogen-bond acceptors (Lipinski definition) is 3. The summed E-state index contributed by atoms with van der Waals surface area (Å²) in [5, 5.41) is 2.97. The lowest BCUT2D eigenvalue weighted by Crippen LogP contribution is -2.30. The molecule has 0 spiro atoms. The predicted octanol–water partition coefficient (Wildman–Crippen LogP) is 3.07. The third-order valence-corrected chi connectivity index (χ3v) is 4.08. The number of aromatic nitrogens is 1. The van der Waals surface area contributed by atoms with Gasteiger partial charge in [-0.05, 0) is 45.0 Å². The molecule has 0 unspecified atom stereocenters. The molecule has 1 aromatic heterocycles. The second kappa shape index (κ2) is 7.98. The number of aryl methyl sites for hydroxylation is 1. The maximum atomic E-state index is 12.4. The molecule has 0 aliphatic carbocycles. The van der Waals surface area contributed by atoms with Crippen LogP contribution in [0.15, 0.2) is 35.1 Å². The summed E-state index contributed by atoms with van der Waals surface area (Å²) in [7, 11) is 0. The standard InChI is InChI=1S/C18H20ClN3O3/c1-4-22(5-2)18(25)12-6-7-14(19)15(9-12)21-17(24)13-8-11(3)20-16(23)10-13/h6-10H,4-5H2,1-3H3,(H,20,23)(H,21,24). The molecule has 25 heavy (non-hydrogen) atoms. The molecule has 0 aliphatic rings. The van der Waals surface area contributed by atoms with Crippen LogP contribution >= 0.6 is 11.6 Å². The molecule has 1 heterocycles. The van der Waals surface area contributed by atoms with Crippen molar-refractivity contribution in [1.82, 2.24) is 9.88 Å². The molecular weight excluding hydrogens is 342 g/mol. The second-order valence-corrected chi connectivity index (χ2v) is 5.95. The Morgan fingerprint density at radius 1 is 1.12 bits per heavy atom. The summed E-state index contributed by atoms with van der Waals surface area (Å²) in [5.74, 6) is -0.604. The van der Waals surface area contributed by atoms with Crippen LogP contribution < -0.4 is 10.9 Å². The summed E-state index contributed by atoms with van der Waals surface area (Å²) < 4.78 is 0. The number of carbonyl (C=O) groups is 2. The number of amides is 2. The molecule has 2 aromatic rings. The molecule has 6 nitrogen and oxygen atoms in total. The Labute approximate surface area is 150 Å². The Bertz CT molecular complexity index is 857. The van der Waals surface area contributed by atoms with Crippen molar-refractivity contribution in [2.45, 2.75) is 20.8 Å². The molecular formula is C18H20ClN3O3. The Hall–Kier alpha value is -2.60. The number of nitrogens with one attached hydrogen (secondary N) is 2. The van der Waals surface area contributed by atoms with Gasteiger partial charge in [0.15, 0.2) is 0 Å². The molecule has 0 fully saturated rings. The van der Waals surface area contributed by atoms with Crippen LogP contribution in [-0.2, 0) is 0 Å². The third-order valence-electron chi connectivity index (χ3n) is 3.75. The number of anilines is 1. The van der Waals surface area contributed by atoms with E-state index < -0.39 is 5.91 Å².